The summed E-state index contributed by atoms with van der Waals surface area (Å²) in [6, 6.07) is 9.01. The van der Waals surface area contributed by atoms with Crippen LogP contribution >= 0.6 is 38.9 Å². The molecule has 1 aromatic heterocycles. The van der Waals surface area contributed by atoms with Crippen molar-refractivity contribution in [1.82, 2.24) is 0 Å². The fourth-order valence-electron chi connectivity index (χ4n) is 1.73. The highest BCUT2D eigenvalue weighted by molar-refractivity contribution is 9.10. The molecule has 2 N–H and O–H groups in total. The molecule has 1 heterocycles. The van der Waals surface area contributed by atoms with Gasteiger partial charge in [0, 0.05) is 9.35 Å². The van der Waals surface area contributed by atoms with E-state index in [2.05, 4.69) is 21.2 Å². The molecule has 3 nitrogen and oxygen atoms in total. The van der Waals surface area contributed by atoms with Gasteiger partial charge >= 0.3 is 5.97 Å². The van der Waals surface area contributed by atoms with Crippen molar-refractivity contribution in [1.29, 1.82) is 0 Å². The zero-order valence-electron chi connectivity index (χ0n) is 9.98. The highest BCUT2D eigenvalue weighted by atomic mass is 79.9. The third-order valence-electron chi connectivity index (χ3n) is 2.62. The molecule has 0 fully saturated rings. The van der Waals surface area contributed by atoms with Crippen LogP contribution in [0.3, 0.4) is 0 Å². The number of carboxylic acids is 1. The molecule has 0 saturated carbocycles. The maximum atomic E-state index is 11.3. The van der Waals surface area contributed by atoms with E-state index in [1.165, 1.54) is 11.3 Å². The second kappa shape index (κ2) is 5.94. The Bertz CT molecular complexity index is 614. The van der Waals surface area contributed by atoms with Crippen molar-refractivity contribution in [2.24, 2.45) is 0 Å². The molecule has 0 amide bonds. The normalized spacial score (nSPS) is 12.2. The van der Waals surface area contributed by atoms with Crippen LogP contribution in [0.5, 0.6) is 0 Å². The Hall–Kier alpha value is -1.04. The van der Waals surface area contributed by atoms with E-state index in [9.17, 15) is 9.90 Å². The van der Waals surface area contributed by atoms with Crippen LogP contribution in [-0.2, 0) is 0 Å². The summed E-state index contributed by atoms with van der Waals surface area (Å²) in [6.07, 6.45) is 0. The van der Waals surface area contributed by atoms with Crippen LogP contribution in [0.15, 0.2) is 34.8 Å². The Morgan fingerprint density at radius 1 is 1.42 bits per heavy atom. The van der Waals surface area contributed by atoms with E-state index in [4.69, 9.17) is 11.6 Å². The van der Waals surface area contributed by atoms with Crippen molar-refractivity contribution < 1.29 is 9.90 Å². The van der Waals surface area contributed by atoms with Crippen molar-refractivity contribution in [2.45, 2.75) is 13.0 Å². The van der Waals surface area contributed by atoms with Crippen LogP contribution in [0, 0.1) is 0 Å². The monoisotopic (exact) mass is 359 g/mol. The number of hydrogen-bond acceptors (Lipinski definition) is 3. The van der Waals surface area contributed by atoms with Crippen molar-refractivity contribution in [3.05, 3.63) is 49.6 Å². The van der Waals surface area contributed by atoms with Gasteiger partial charge in [-0.1, -0.05) is 17.7 Å². The van der Waals surface area contributed by atoms with E-state index in [-0.39, 0.29) is 11.6 Å². The lowest BCUT2D eigenvalue weighted by molar-refractivity contribution is 0.0697. The summed E-state index contributed by atoms with van der Waals surface area (Å²) in [4.78, 5) is 12.3. The van der Waals surface area contributed by atoms with Gasteiger partial charge in [0.05, 0.1) is 21.6 Å². The van der Waals surface area contributed by atoms with E-state index in [0.717, 1.165) is 9.21 Å². The first kappa shape index (κ1) is 14.4. The fraction of sp³-hybridized carbons (Fsp3) is 0.154. The molecule has 1 aromatic carbocycles. The molecule has 6 heteroatoms. The van der Waals surface area contributed by atoms with E-state index in [1.54, 1.807) is 18.2 Å². The van der Waals surface area contributed by atoms with Crippen LogP contribution in [0.2, 0.25) is 4.34 Å². The largest absolute Gasteiger partial charge is 0.478 e. The molecule has 19 heavy (non-hydrogen) atoms. The lowest BCUT2D eigenvalue weighted by atomic mass is 10.1. The fourth-order valence-corrected chi connectivity index (χ4v) is 3.33. The smallest absolute Gasteiger partial charge is 0.338 e. The number of carbonyl (C=O) groups is 1. The third-order valence-corrected chi connectivity index (χ3v) is 4.69. The van der Waals surface area contributed by atoms with Crippen LogP contribution in [0.1, 0.15) is 28.2 Å². The molecule has 0 bridgehead atoms. The number of benzene rings is 1. The summed E-state index contributed by atoms with van der Waals surface area (Å²) in [7, 11) is 0. The van der Waals surface area contributed by atoms with Gasteiger partial charge in [-0.05, 0) is 47.1 Å². The van der Waals surface area contributed by atoms with Gasteiger partial charge in [-0.3, -0.25) is 0 Å². The van der Waals surface area contributed by atoms with Gasteiger partial charge in [-0.15, -0.1) is 11.3 Å². The number of anilines is 1. The maximum Gasteiger partial charge on any atom is 0.338 e. The molecular weight excluding hydrogens is 350 g/mol. The molecule has 2 rings (SSSR count). The van der Waals surface area contributed by atoms with Gasteiger partial charge in [0.1, 0.15) is 0 Å². The minimum absolute atomic E-state index is 0.00935. The Balaban J connectivity index is 2.28. The Morgan fingerprint density at radius 2 is 2.16 bits per heavy atom. The average Bonchev–Trinajstić information content (AvgIpc) is 2.75. The summed E-state index contributed by atoms with van der Waals surface area (Å²) < 4.78 is 1.28. The second-order valence-corrected chi connectivity index (χ2v) is 6.58. The van der Waals surface area contributed by atoms with Crippen LogP contribution in [-0.4, -0.2) is 11.1 Å². The minimum atomic E-state index is -0.966. The Kier molecular flexibility index (Phi) is 4.50. The van der Waals surface area contributed by atoms with Gasteiger partial charge in [0.25, 0.3) is 0 Å². The topological polar surface area (TPSA) is 49.3 Å². The number of nitrogens with one attached hydrogen (secondary N) is 1. The highest BCUT2D eigenvalue weighted by Gasteiger charge is 2.16. The number of aromatic carboxylic acids is 1. The summed E-state index contributed by atoms with van der Waals surface area (Å²) in [5.41, 5.74) is 0.816. The van der Waals surface area contributed by atoms with Gasteiger partial charge in [0.15, 0.2) is 0 Å². The summed E-state index contributed by atoms with van der Waals surface area (Å²) in [5.74, 6) is -0.966. The van der Waals surface area contributed by atoms with Crippen molar-refractivity contribution >= 4 is 50.5 Å². The highest BCUT2D eigenvalue weighted by Crippen LogP contribution is 2.31. The Labute approximate surface area is 128 Å². The predicted molar refractivity (Wildman–Crippen MR) is 82.5 cm³/mol. The molecule has 2 aromatic rings. The molecule has 0 aliphatic heterocycles. The molecular formula is C13H11BrClNO2S. The maximum absolute atomic E-state index is 11.3. The standard InChI is InChI=1S/C13H11BrClNO2S/c1-7(10-5-6-11(15)19-10)16-9-4-2-3-8(14)12(9)13(17)18/h2-7,16H,1H3,(H,17,18). The summed E-state index contributed by atoms with van der Waals surface area (Å²) in [5, 5.41) is 12.4. The number of halogens is 2. The molecule has 0 radical (unpaired) electrons. The van der Waals surface area contributed by atoms with Gasteiger partial charge in [-0.25, -0.2) is 4.79 Å². The van der Waals surface area contributed by atoms with Crippen molar-refractivity contribution in [2.75, 3.05) is 5.32 Å². The first-order valence-corrected chi connectivity index (χ1v) is 7.51. The third kappa shape index (κ3) is 3.29. The number of thiophene rings is 1. The Morgan fingerprint density at radius 3 is 2.74 bits per heavy atom. The number of hydrogen-bond donors (Lipinski definition) is 2. The van der Waals surface area contributed by atoms with Crippen LogP contribution < -0.4 is 5.32 Å². The van der Waals surface area contributed by atoms with E-state index < -0.39 is 5.97 Å². The predicted octanol–water partition coefficient (Wildman–Crippen LogP) is 5.04. The SMILES string of the molecule is CC(Nc1cccc(Br)c1C(=O)O)c1ccc(Cl)s1. The quantitative estimate of drug-likeness (QED) is 0.803. The lowest BCUT2D eigenvalue weighted by Gasteiger charge is -2.16. The number of rotatable bonds is 4. The average molecular weight is 361 g/mol. The minimum Gasteiger partial charge on any atom is -0.478 e. The molecule has 0 aliphatic carbocycles. The first-order chi connectivity index (χ1) is 8.99. The van der Waals surface area contributed by atoms with E-state index in [1.807, 2.05) is 19.1 Å². The zero-order valence-corrected chi connectivity index (χ0v) is 13.1. The van der Waals surface area contributed by atoms with Crippen LogP contribution in [0.25, 0.3) is 0 Å². The molecule has 0 spiro atoms. The van der Waals surface area contributed by atoms with Gasteiger partial charge in [-0.2, -0.15) is 0 Å². The van der Waals surface area contributed by atoms with Gasteiger partial charge < -0.3 is 10.4 Å². The van der Waals surface area contributed by atoms with Crippen molar-refractivity contribution in [3.63, 3.8) is 0 Å². The van der Waals surface area contributed by atoms with E-state index in [0.29, 0.717) is 10.2 Å². The summed E-state index contributed by atoms with van der Waals surface area (Å²) in [6.45, 7) is 1.97. The van der Waals surface area contributed by atoms with E-state index >= 15 is 0 Å². The molecule has 0 aliphatic rings. The van der Waals surface area contributed by atoms with Crippen molar-refractivity contribution in [3.8, 4) is 0 Å². The zero-order chi connectivity index (χ0) is 14.0. The molecule has 0 saturated heterocycles. The summed E-state index contributed by atoms with van der Waals surface area (Å²) >= 11 is 10.6. The molecule has 1 unspecified atom stereocenters. The second-order valence-electron chi connectivity index (χ2n) is 3.98. The van der Waals surface area contributed by atoms with Crippen LogP contribution in [0.4, 0.5) is 5.69 Å². The molecule has 100 valence electrons. The number of carboxylic acid groups (broad SMARTS) is 1. The lowest BCUT2D eigenvalue weighted by Crippen LogP contribution is -2.10. The van der Waals surface area contributed by atoms with Gasteiger partial charge in [0.2, 0.25) is 0 Å². The first-order valence-electron chi connectivity index (χ1n) is 5.52. The molecule has 1 atom stereocenters.